The minimum atomic E-state index is 0.0613. The van der Waals surface area contributed by atoms with E-state index in [-0.39, 0.29) is 11.7 Å². The molecule has 3 aromatic rings. The molecule has 1 aliphatic rings. The van der Waals surface area contributed by atoms with E-state index in [0.717, 1.165) is 62.1 Å². The van der Waals surface area contributed by atoms with Gasteiger partial charge in [-0.3, -0.25) is 4.79 Å². The van der Waals surface area contributed by atoms with Gasteiger partial charge in [-0.05, 0) is 86.1 Å². The van der Waals surface area contributed by atoms with Gasteiger partial charge in [0.05, 0.1) is 14.2 Å². The largest absolute Gasteiger partial charge is 0.493 e. The average molecular weight is 474 g/mol. The molecule has 1 atom stereocenters. The fraction of sp³-hybridized carbons (Fsp3) is 0.367. The van der Waals surface area contributed by atoms with Crippen molar-refractivity contribution in [3.05, 3.63) is 89.0 Å². The molecular weight excluding hydrogens is 438 g/mol. The molecule has 0 fully saturated rings. The van der Waals surface area contributed by atoms with E-state index in [2.05, 4.69) is 29.6 Å². The first-order valence-corrected chi connectivity index (χ1v) is 12.4. The molecule has 5 heteroatoms. The first kappa shape index (κ1) is 24.8. The van der Waals surface area contributed by atoms with Crippen LogP contribution in [-0.4, -0.2) is 33.1 Å². The number of Topliss-reactive ketones (excluding diaryl/α,β-unsaturated/α-hetero) is 1. The van der Waals surface area contributed by atoms with Crippen LogP contribution in [0.4, 0.5) is 0 Å². The van der Waals surface area contributed by atoms with Gasteiger partial charge in [0.15, 0.2) is 17.3 Å². The summed E-state index contributed by atoms with van der Waals surface area (Å²) in [6.45, 7) is 2.49. The van der Waals surface area contributed by atoms with Crippen LogP contribution in [0.15, 0.2) is 66.7 Å². The van der Waals surface area contributed by atoms with Crippen molar-refractivity contribution in [3.63, 3.8) is 0 Å². The van der Waals surface area contributed by atoms with Crippen LogP contribution in [0.2, 0.25) is 0 Å². The Labute approximate surface area is 208 Å². The Hall–Kier alpha value is -3.31. The van der Waals surface area contributed by atoms with Gasteiger partial charge in [-0.1, -0.05) is 42.5 Å². The Morgan fingerprint density at radius 3 is 2.31 bits per heavy atom. The molecule has 0 bridgehead atoms. The molecule has 4 rings (SSSR count). The van der Waals surface area contributed by atoms with Crippen molar-refractivity contribution in [2.24, 2.45) is 5.92 Å². The molecule has 1 unspecified atom stereocenters. The monoisotopic (exact) mass is 473 g/mol. The quantitative estimate of drug-likeness (QED) is 0.326. The Morgan fingerprint density at radius 2 is 1.57 bits per heavy atom. The van der Waals surface area contributed by atoms with Crippen molar-refractivity contribution >= 4 is 5.78 Å². The zero-order chi connectivity index (χ0) is 24.5. The second-order valence-corrected chi connectivity index (χ2v) is 9.04. The molecule has 0 spiro atoms. The molecule has 0 saturated heterocycles. The van der Waals surface area contributed by atoms with Crippen LogP contribution < -0.4 is 19.5 Å². The highest BCUT2D eigenvalue weighted by molar-refractivity contribution is 6.02. The minimum absolute atomic E-state index is 0.0613. The molecule has 0 aromatic heterocycles. The fourth-order valence-electron chi connectivity index (χ4n) is 4.64. The molecule has 3 aromatic carbocycles. The number of rotatable bonds is 13. The maximum Gasteiger partial charge on any atom is 0.166 e. The van der Waals surface area contributed by atoms with E-state index >= 15 is 0 Å². The van der Waals surface area contributed by atoms with Gasteiger partial charge >= 0.3 is 0 Å². The average Bonchev–Trinajstić information content (AvgIpc) is 3.21. The third-order valence-corrected chi connectivity index (χ3v) is 6.61. The van der Waals surface area contributed by atoms with Crippen LogP contribution >= 0.6 is 0 Å². The topological polar surface area (TPSA) is 56.8 Å². The number of nitrogens with one attached hydrogen (secondary N) is 1. The number of hydrogen-bond donors (Lipinski definition) is 1. The molecular formula is C30H35NO4. The summed E-state index contributed by atoms with van der Waals surface area (Å²) in [6.07, 6.45) is 4.80. The van der Waals surface area contributed by atoms with Gasteiger partial charge in [0, 0.05) is 11.5 Å². The van der Waals surface area contributed by atoms with Crippen molar-refractivity contribution < 1.29 is 19.0 Å². The van der Waals surface area contributed by atoms with Crippen molar-refractivity contribution in [2.45, 2.75) is 38.7 Å². The summed E-state index contributed by atoms with van der Waals surface area (Å²) in [5.41, 5.74) is 4.35. The standard InChI is InChI=1S/C30H35NO4/c1-33-28-19-25-18-24(30(32)27(25)20-29(28)34-2)11-7-17-31-16-6-10-22-12-14-26(15-13-22)35-21-23-8-4-3-5-9-23/h3-5,8-9,12-15,19-20,24,31H,6-7,10-11,16-18,21H2,1-2H3. The van der Waals surface area contributed by atoms with Gasteiger partial charge in [0.1, 0.15) is 12.4 Å². The van der Waals surface area contributed by atoms with Gasteiger partial charge in [0.25, 0.3) is 0 Å². The van der Waals surface area contributed by atoms with Crippen LogP contribution in [-0.2, 0) is 19.4 Å². The van der Waals surface area contributed by atoms with E-state index in [1.807, 2.05) is 42.5 Å². The number of aryl methyl sites for hydroxylation is 1. The van der Waals surface area contributed by atoms with E-state index in [9.17, 15) is 4.79 Å². The molecule has 5 nitrogen and oxygen atoms in total. The summed E-state index contributed by atoms with van der Waals surface area (Å²) in [5, 5.41) is 3.53. The summed E-state index contributed by atoms with van der Waals surface area (Å²) < 4.78 is 16.6. The molecule has 0 radical (unpaired) electrons. The first-order chi connectivity index (χ1) is 17.2. The lowest BCUT2D eigenvalue weighted by Gasteiger charge is -2.09. The number of hydrogen-bond acceptors (Lipinski definition) is 5. The number of ether oxygens (including phenoxy) is 3. The zero-order valence-corrected chi connectivity index (χ0v) is 20.7. The Bertz CT molecular complexity index is 1100. The van der Waals surface area contributed by atoms with E-state index in [4.69, 9.17) is 14.2 Å². The highest BCUT2D eigenvalue weighted by Gasteiger charge is 2.31. The molecule has 35 heavy (non-hydrogen) atoms. The van der Waals surface area contributed by atoms with Crippen LogP contribution in [0.3, 0.4) is 0 Å². The highest BCUT2D eigenvalue weighted by Crippen LogP contribution is 2.37. The van der Waals surface area contributed by atoms with E-state index in [0.29, 0.717) is 18.1 Å². The number of ketones is 1. The van der Waals surface area contributed by atoms with Gasteiger partial charge < -0.3 is 19.5 Å². The maximum absolute atomic E-state index is 12.8. The third-order valence-electron chi connectivity index (χ3n) is 6.61. The third kappa shape index (κ3) is 6.64. The smallest absolute Gasteiger partial charge is 0.166 e. The van der Waals surface area contributed by atoms with Crippen LogP contribution in [0, 0.1) is 5.92 Å². The Kier molecular flexibility index (Phi) is 8.79. The SMILES string of the molecule is COc1cc2c(cc1OC)C(=O)C(CCCNCCCc1ccc(OCc3ccccc3)cc1)C2. The fourth-order valence-corrected chi connectivity index (χ4v) is 4.64. The normalized spacial score (nSPS) is 14.6. The first-order valence-electron chi connectivity index (χ1n) is 12.4. The number of fused-ring (bicyclic) bond motifs is 1. The second-order valence-electron chi connectivity index (χ2n) is 9.04. The number of carbonyl (C=O) groups excluding carboxylic acids is 1. The number of methoxy groups -OCH3 is 2. The van der Waals surface area contributed by atoms with Crippen LogP contribution in [0.25, 0.3) is 0 Å². The van der Waals surface area contributed by atoms with Gasteiger partial charge in [0.2, 0.25) is 0 Å². The molecule has 0 saturated carbocycles. The summed E-state index contributed by atoms with van der Waals surface area (Å²) >= 11 is 0. The molecule has 0 heterocycles. The second kappa shape index (κ2) is 12.4. The molecule has 1 N–H and O–H groups in total. The summed E-state index contributed by atoms with van der Waals surface area (Å²) in [4.78, 5) is 12.8. The van der Waals surface area contributed by atoms with Crippen molar-refractivity contribution in [3.8, 4) is 17.2 Å². The predicted molar refractivity (Wildman–Crippen MR) is 139 cm³/mol. The van der Waals surface area contributed by atoms with Gasteiger partial charge in [-0.25, -0.2) is 0 Å². The summed E-state index contributed by atoms with van der Waals surface area (Å²) in [6, 6.07) is 22.4. The lowest BCUT2D eigenvalue weighted by molar-refractivity contribution is 0.0929. The summed E-state index contributed by atoms with van der Waals surface area (Å²) in [7, 11) is 3.23. The van der Waals surface area contributed by atoms with Crippen LogP contribution in [0.5, 0.6) is 17.2 Å². The maximum atomic E-state index is 12.8. The van der Waals surface area contributed by atoms with Crippen molar-refractivity contribution in [1.82, 2.24) is 5.32 Å². The lowest BCUT2D eigenvalue weighted by atomic mass is 9.99. The summed E-state index contributed by atoms with van der Waals surface area (Å²) in [5.74, 6) is 2.51. The van der Waals surface area contributed by atoms with Gasteiger partial charge in [-0.15, -0.1) is 0 Å². The molecule has 1 aliphatic carbocycles. The zero-order valence-electron chi connectivity index (χ0n) is 20.7. The minimum Gasteiger partial charge on any atom is -0.493 e. The van der Waals surface area contributed by atoms with E-state index < -0.39 is 0 Å². The Morgan fingerprint density at radius 1 is 0.857 bits per heavy atom. The number of benzene rings is 3. The van der Waals surface area contributed by atoms with E-state index in [1.54, 1.807) is 14.2 Å². The van der Waals surface area contributed by atoms with Crippen molar-refractivity contribution in [2.75, 3.05) is 27.3 Å². The van der Waals surface area contributed by atoms with Crippen LogP contribution in [0.1, 0.15) is 46.3 Å². The lowest BCUT2D eigenvalue weighted by Crippen LogP contribution is -2.19. The van der Waals surface area contributed by atoms with Crippen molar-refractivity contribution in [1.29, 1.82) is 0 Å². The van der Waals surface area contributed by atoms with E-state index in [1.165, 1.54) is 11.1 Å². The molecule has 0 aliphatic heterocycles. The molecule has 184 valence electrons. The molecule has 0 amide bonds. The van der Waals surface area contributed by atoms with Gasteiger partial charge in [-0.2, -0.15) is 0 Å². The predicted octanol–water partition coefficient (Wildman–Crippen LogP) is 5.64. The highest BCUT2D eigenvalue weighted by atomic mass is 16.5. The Balaban J connectivity index is 1.10. The number of carbonyl (C=O) groups is 1.